The second kappa shape index (κ2) is 5.77. The molecule has 0 fully saturated rings. The standard InChI is InChI=1S/C17H11Cl2N3OS/c1-22-13-7-10(18)3-2-9(13)6-14(22)16(23)21-17-20-12-5-4-11(19)8-15(12)24-17/h2-8H,1H3,(H,20,21,23). The molecule has 0 bridgehead atoms. The molecule has 4 rings (SSSR count). The molecule has 24 heavy (non-hydrogen) atoms. The largest absolute Gasteiger partial charge is 0.340 e. The van der Waals surface area contributed by atoms with E-state index < -0.39 is 0 Å². The number of thiazole rings is 1. The minimum atomic E-state index is -0.213. The van der Waals surface area contributed by atoms with Crippen LogP contribution in [0.15, 0.2) is 42.5 Å². The molecule has 1 amide bonds. The average Bonchev–Trinajstić information content (AvgIpc) is 3.08. The molecular formula is C17H11Cl2N3OS. The van der Waals surface area contributed by atoms with Crippen LogP contribution < -0.4 is 5.32 Å². The normalized spacial score (nSPS) is 11.3. The number of nitrogens with one attached hydrogen (secondary N) is 1. The third-order valence-corrected chi connectivity index (χ3v) is 5.21. The number of hydrogen-bond acceptors (Lipinski definition) is 3. The summed E-state index contributed by atoms with van der Waals surface area (Å²) in [7, 11) is 1.84. The van der Waals surface area contributed by atoms with E-state index in [1.165, 1.54) is 11.3 Å². The Bertz CT molecular complexity index is 1100. The predicted octanol–water partition coefficient (Wildman–Crippen LogP) is 5.35. The van der Waals surface area contributed by atoms with E-state index in [1.54, 1.807) is 6.07 Å². The Labute approximate surface area is 151 Å². The first-order valence-electron chi connectivity index (χ1n) is 7.14. The number of benzene rings is 2. The molecule has 0 unspecified atom stereocenters. The molecule has 0 aliphatic heterocycles. The van der Waals surface area contributed by atoms with E-state index in [0.29, 0.717) is 20.9 Å². The number of aromatic nitrogens is 2. The van der Waals surface area contributed by atoms with Gasteiger partial charge in [-0.25, -0.2) is 4.98 Å². The minimum Gasteiger partial charge on any atom is -0.340 e. The topological polar surface area (TPSA) is 46.9 Å². The molecule has 0 radical (unpaired) electrons. The number of aryl methyl sites for hydroxylation is 1. The number of carbonyl (C=O) groups excluding carboxylic acids is 1. The van der Waals surface area contributed by atoms with E-state index >= 15 is 0 Å². The second-order valence-electron chi connectivity index (χ2n) is 5.38. The van der Waals surface area contributed by atoms with Gasteiger partial charge in [0.1, 0.15) is 5.69 Å². The molecule has 2 heterocycles. The van der Waals surface area contributed by atoms with Gasteiger partial charge in [0.25, 0.3) is 5.91 Å². The predicted molar refractivity (Wildman–Crippen MR) is 101 cm³/mol. The molecule has 2 aromatic carbocycles. The van der Waals surface area contributed by atoms with Gasteiger partial charge in [0.05, 0.1) is 10.2 Å². The fourth-order valence-corrected chi connectivity index (χ4v) is 3.94. The summed E-state index contributed by atoms with van der Waals surface area (Å²) in [5.74, 6) is -0.213. The van der Waals surface area contributed by atoms with Crippen LogP contribution in [0.3, 0.4) is 0 Å². The van der Waals surface area contributed by atoms with Crippen LogP contribution in [0.2, 0.25) is 10.0 Å². The first-order valence-corrected chi connectivity index (χ1v) is 8.71. The van der Waals surface area contributed by atoms with E-state index in [4.69, 9.17) is 23.2 Å². The number of amides is 1. The Hall–Kier alpha value is -2.08. The van der Waals surface area contributed by atoms with Gasteiger partial charge in [0.15, 0.2) is 5.13 Å². The van der Waals surface area contributed by atoms with Crippen LogP contribution in [-0.4, -0.2) is 15.5 Å². The zero-order valence-corrected chi connectivity index (χ0v) is 14.8. The first kappa shape index (κ1) is 15.4. The average molecular weight is 376 g/mol. The zero-order chi connectivity index (χ0) is 16.8. The summed E-state index contributed by atoms with van der Waals surface area (Å²) in [5.41, 5.74) is 2.26. The van der Waals surface area contributed by atoms with Crippen molar-refractivity contribution in [2.75, 3.05) is 5.32 Å². The second-order valence-corrected chi connectivity index (χ2v) is 7.28. The molecular weight excluding hydrogens is 365 g/mol. The maximum atomic E-state index is 12.6. The third kappa shape index (κ3) is 2.65. The Morgan fingerprint density at radius 2 is 1.88 bits per heavy atom. The lowest BCUT2D eigenvalue weighted by molar-refractivity contribution is 0.102. The van der Waals surface area contributed by atoms with Gasteiger partial charge in [-0.05, 0) is 36.4 Å². The van der Waals surface area contributed by atoms with E-state index in [2.05, 4.69) is 10.3 Å². The fourth-order valence-electron chi connectivity index (χ4n) is 2.63. The Balaban J connectivity index is 1.69. The summed E-state index contributed by atoms with van der Waals surface area (Å²) >= 11 is 13.4. The number of hydrogen-bond donors (Lipinski definition) is 1. The number of fused-ring (bicyclic) bond motifs is 2. The van der Waals surface area contributed by atoms with Crippen molar-refractivity contribution in [3.63, 3.8) is 0 Å². The fraction of sp³-hybridized carbons (Fsp3) is 0.0588. The zero-order valence-electron chi connectivity index (χ0n) is 12.5. The van der Waals surface area contributed by atoms with E-state index in [9.17, 15) is 4.79 Å². The molecule has 1 N–H and O–H groups in total. The molecule has 4 aromatic rings. The molecule has 0 saturated heterocycles. The van der Waals surface area contributed by atoms with Crippen LogP contribution >= 0.6 is 34.5 Å². The first-order chi connectivity index (χ1) is 11.5. The van der Waals surface area contributed by atoms with Crippen molar-refractivity contribution in [1.29, 1.82) is 0 Å². The molecule has 2 aromatic heterocycles. The molecule has 0 saturated carbocycles. The van der Waals surface area contributed by atoms with Crippen molar-refractivity contribution in [1.82, 2.24) is 9.55 Å². The maximum Gasteiger partial charge on any atom is 0.274 e. The van der Waals surface area contributed by atoms with Crippen molar-refractivity contribution >= 4 is 66.7 Å². The van der Waals surface area contributed by atoms with Gasteiger partial charge in [-0.2, -0.15) is 0 Å². The smallest absolute Gasteiger partial charge is 0.274 e. The van der Waals surface area contributed by atoms with Crippen LogP contribution in [0.25, 0.3) is 21.1 Å². The molecule has 0 atom stereocenters. The van der Waals surface area contributed by atoms with Crippen molar-refractivity contribution in [3.05, 3.63) is 58.2 Å². The number of halogens is 2. The van der Waals surface area contributed by atoms with E-state index in [1.807, 2.05) is 48.0 Å². The Kier molecular flexibility index (Phi) is 3.72. The summed E-state index contributed by atoms with van der Waals surface area (Å²) in [6.45, 7) is 0. The van der Waals surface area contributed by atoms with Crippen molar-refractivity contribution in [2.45, 2.75) is 0 Å². The number of carbonyl (C=O) groups is 1. The van der Waals surface area contributed by atoms with Gasteiger partial charge in [0.2, 0.25) is 0 Å². The highest BCUT2D eigenvalue weighted by molar-refractivity contribution is 7.22. The summed E-state index contributed by atoms with van der Waals surface area (Å²) in [5, 5.41) is 5.64. The van der Waals surface area contributed by atoms with Gasteiger partial charge in [0, 0.05) is 28.0 Å². The molecule has 0 aliphatic carbocycles. The number of rotatable bonds is 2. The van der Waals surface area contributed by atoms with Crippen LogP contribution in [-0.2, 0) is 7.05 Å². The van der Waals surface area contributed by atoms with E-state index in [-0.39, 0.29) is 5.91 Å². The van der Waals surface area contributed by atoms with Crippen molar-refractivity contribution in [3.8, 4) is 0 Å². The maximum absolute atomic E-state index is 12.6. The van der Waals surface area contributed by atoms with Crippen LogP contribution in [0, 0.1) is 0 Å². The summed E-state index contributed by atoms with van der Waals surface area (Å²) in [6, 6.07) is 12.8. The van der Waals surface area contributed by atoms with Gasteiger partial charge in [-0.3, -0.25) is 10.1 Å². The third-order valence-electron chi connectivity index (χ3n) is 3.81. The lowest BCUT2D eigenvalue weighted by Crippen LogP contribution is -2.15. The highest BCUT2D eigenvalue weighted by Crippen LogP contribution is 2.29. The molecule has 4 nitrogen and oxygen atoms in total. The van der Waals surface area contributed by atoms with Gasteiger partial charge < -0.3 is 4.57 Å². The summed E-state index contributed by atoms with van der Waals surface area (Å²) in [4.78, 5) is 17.0. The molecule has 0 aliphatic rings. The molecule has 7 heteroatoms. The van der Waals surface area contributed by atoms with E-state index in [0.717, 1.165) is 21.1 Å². The van der Waals surface area contributed by atoms with Gasteiger partial charge >= 0.3 is 0 Å². The van der Waals surface area contributed by atoms with Gasteiger partial charge in [-0.1, -0.05) is 40.6 Å². The van der Waals surface area contributed by atoms with Crippen molar-refractivity contribution in [2.24, 2.45) is 7.05 Å². The number of nitrogens with zero attached hydrogens (tertiary/aromatic N) is 2. The Morgan fingerprint density at radius 3 is 2.71 bits per heavy atom. The van der Waals surface area contributed by atoms with Crippen LogP contribution in [0.4, 0.5) is 5.13 Å². The highest BCUT2D eigenvalue weighted by atomic mass is 35.5. The summed E-state index contributed by atoms with van der Waals surface area (Å²) in [6.07, 6.45) is 0. The molecule has 0 spiro atoms. The quantitative estimate of drug-likeness (QED) is 0.513. The van der Waals surface area contributed by atoms with Crippen LogP contribution in [0.5, 0.6) is 0 Å². The van der Waals surface area contributed by atoms with Crippen LogP contribution in [0.1, 0.15) is 10.5 Å². The van der Waals surface area contributed by atoms with Crippen molar-refractivity contribution < 1.29 is 4.79 Å². The van der Waals surface area contributed by atoms with Gasteiger partial charge in [-0.15, -0.1) is 0 Å². The summed E-state index contributed by atoms with van der Waals surface area (Å²) < 4.78 is 2.75. The molecule has 120 valence electrons. The lowest BCUT2D eigenvalue weighted by atomic mass is 10.2. The SMILES string of the molecule is Cn1c(C(=O)Nc2nc3ccc(Cl)cc3s2)cc2ccc(Cl)cc21. The Morgan fingerprint density at radius 1 is 1.12 bits per heavy atom. The lowest BCUT2D eigenvalue weighted by Gasteiger charge is -2.04. The highest BCUT2D eigenvalue weighted by Gasteiger charge is 2.15. The minimum absolute atomic E-state index is 0.213. The number of anilines is 1. The monoisotopic (exact) mass is 375 g/mol.